The summed E-state index contributed by atoms with van der Waals surface area (Å²) in [5.41, 5.74) is 0. The van der Waals surface area contributed by atoms with Crippen molar-refractivity contribution in [2.24, 2.45) is 29.6 Å². The third-order valence-electron chi connectivity index (χ3n) is 4.73. The van der Waals surface area contributed by atoms with Gasteiger partial charge in [0, 0.05) is 31.1 Å². The lowest BCUT2D eigenvalue weighted by Crippen LogP contribution is -2.47. The van der Waals surface area contributed by atoms with Crippen LogP contribution in [0.5, 0.6) is 0 Å². The standard InChI is InChI=1S/C15H18O3/c1-3-9-7-12(17)13-10-4-5-11(6-10)14(13)15(9)18-8(2)16/h3-5,9-11,13-15H,1,6-7H2,2H3/t9-,10+,11-,13-,14-,15+/m0/s1. The van der Waals surface area contributed by atoms with Gasteiger partial charge < -0.3 is 4.74 Å². The third-order valence-corrected chi connectivity index (χ3v) is 4.73. The highest BCUT2D eigenvalue weighted by Crippen LogP contribution is 2.54. The SMILES string of the molecule is C=C[C@H]1CC(=O)[C@H]2[C@@H]([C@@H]1OC(C)=O)[C@H]1C=C[C@@H]2C1. The molecule has 3 aliphatic rings. The Morgan fingerprint density at radius 3 is 2.83 bits per heavy atom. The van der Waals surface area contributed by atoms with Gasteiger partial charge in [0.25, 0.3) is 0 Å². The number of fused-ring (bicyclic) bond motifs is 5. The van der Waals surface area contributed by atoms with Crippen LogP contribution in [0.25, 0.3) is 0 Å². The zero-order valence-corrected chi connectivity index (χ0v) is 10.5. The van der Waals surface area contributed by atoms with Crippen molar-refractivity contribution in [2.75, 3.05) is 0 Å². The van der Waals surface area contributed by atoms with Gasteiger partial charge in [-0.2, -0.15) is 0 Å². The Balaban J connectivity index is 1.94. The predicted molar refractivity (Wildman–Crippen MR) is 66.6 cm³/mol. The molecule has 6 atom stereocenters. The fraction of sp³-hybridized carbons (Fsp3) is 0.600. The van der Waals surface area contributed by atoms with Gasteiger partial charge in [0.2, 0.25) is 0 Å². The molecule has 18 heavy (non-hydrogen) atoms. The molecule has 0 amide bonds. The van der Waals surface area contributed by atoms with Crippen molar-refractivity contribution < 1.29 is 14.3 Å². The van der Waals surface area contributed by atoms with E-state index in [4.69, 9.17) is 4.74 Å². The van der Waals surface area contributed by atoms with E-state index in [9.17, 15) is 9.59 Å². The van der Waals surface area contributed by atoms with E-state index in [-0.39, 0.29) is 29.8 Å². The van der Waals surface area contributed by atoms with E-state index in [1.165, 1.54) is 6.92 Å². The van der Waals surface area contributed by atoms with Gasteiger partial charge in [-0.25, -0.2) is 0 Å². The molecule has 0 heterocycles. The zero-order valence-electron chi connectivity index (χ0n) is 10.5. The molecule has 0 aromatic heterocycles. The molecule has 0 unspecified atom stereocenters. The molecule has 0 aromatic rings. The van der Waals surface area contributed by atoms with Crippen LogP contribution in [0.2, 0.25) is 0 Å². The van der Waals surface area contributed by atoms with Crippen molar-refractivity contribution in [1.82, 2.24) is 0 Å². The molecule has 2 bridgehead atoms. The predicted octanol–water partition coefficient (Wildman–Crippen LogP) is 2.13. The van der Waals surface area contributed by atoms with E-state index in [0.29, 0.717) is 24.0 Å². The van der Waals surface area contributed by atoms with Crippen molar-refractivity contribution >= 4 is 11.8 Å². The van der Waals surface area contributed by atoms with Crippen LogP contribution >= 0.6 is 0 Å². The van der Waals surface area contributed by atoms with Crippen LogP contribution in [0.1, 0.15) is 19.8 Å². The van der Waals surface area contributed by atoms with E-state index < -0.39 is 0 Å². The van der Waals surface area contributed by atoms with Crippen LogP contribution in [0, 0.1) is 29.6 Å². The lowest BCUT2D eigenvalue weighted by molar-refractivity contribution is -0.160. The molecule has 3 aliphatic carbocycles. The molecule has 0 radical (unpaired) electrons. The van der Waals surface area contributed by atoms with Crippen LogP contribution in [0.4, 0.5) is 0 Å². The Kier molecular flexibility index (Phi) is 2.65. The summed E-state index contributed by atoms with van der Waals surface area (Å²) in [5, 5.41) is 0. The maximum atomic E-state index is 12.2. The molecular weight excluding hydrogens is 228 g/mol. The van der Waals surface area contributed by atoms with E-state index in [0.717, 1.165) is 6.42 Å². The van der Waals surface area contributed by atoms with Gasteiger partial charge in [-0.15, -0.1) is 6.58 Å². The minimum atomic E-state index is -0.258. The van der Waals surface area contributed by atoms with Crippen molar-refractivity contribution in [3.63, 3.8) is 0 Å². The van der Waals surface area contributed by atoms with Crippen LogP contribution in [0.3, 0.4) is 0 Å². The van der Waals surface area contributed by atoms with Crippen LogP contribution in [0.15, 0.2) is 24.8 Å². The highest BCUT2D eigenvalue weighted by molar-refractivity contribution is 5.84. The monoisotopic (exact) mass is 246 g/mol. The fourth-order valence-corrected chi connectivity index (χ4v) is 4.11. The van der Waals surface area contributed by atoms with Crippen molar-refractivity contribution in [3.05, 3.63) is 24.8 Å². The average Bonchev–Trinajstić information content (AvgIpc) is 2.92. The summed E-state index contributed by atoms with van der Waals surface area (Å²) < 4.78 is 5.51. The number of allylic oxidation sites excluding steroid dienone is 2. The van der Waals surface area contributed by atoms with E-state index >= 15 is 0 Å². The fourth-order valence-electron chi connectivity index (χ4n) is 4.11. The maximum Gasteiger partial charge on any atom is 0.302 e. The molecule has 3 nitrogen and oxygen atoms in total. The van der Waals surface area contributed by atoms with E-state index in [2.05, 4.69) is 18.7 Å². The van der Waals surface area contributed by atoms with Crippen LogP contribution in [-0.2, 0) is 14.3 Å². The molecule has 2 fully saturated rings. The molecule has 0 aromatic carbocycles. The number of carbonyl (C=O) groups is 2. The lowest BCUT2D eigenvalue weighted by atomic mass is 9.67. The molecule has 3 heteroatoms. The number of carbonyl (C=O) groups excluding carboxylic acids is 2. The number of esters is 1. The molecule has 0 aliphatic heterocycles. The van der Waals surface area contributed by atoms with Crippen molar-refractivity contribution in [1.29, 1.82) is 0 Å². The van der Waals surface area contributed by atoms with Crippen molar-refractivity contribution in [2.45, 2.75) is 25.9 Å². The second kappa shape index (κ2) is 4.08. The topological polar surface area (TPSA) is 43.4 Å². The Bertz CT molecular complexity index is 437. The number of hydrogen-bond donors (Lipinski definition) is 0. The average molecular weight is 246 g/mol. The number of Topliss-reactive ketones (excluding diaryl/α,β-unsaturated/α-hetero) is 1. The summed E-state index contributed by atoms with van der Waals surface area (Å²) in [6.45, 7) is 5.23. The Morgan fingerprint density at radius 1 is 1.44 bits per heavy atom. The molecule has 0 spiro atoms. The highest BCUT2D eigenvalue weighted by atomic mass is 16.5. The first-order valence-corrected chi connectivity index (χ1v) is 6.62. The molecular formula is C15H18O3. The summed E-state index contributed by atoms with van der Waals surface area (Å²) in [6.07, 6.45) is 7.49. The summed E-state index contributed by atoms with van der Waals surface area (Å²) in [5.74, 6) is 1.06. The van der Waals surface area contributed by atoms with Gasteiger partial charge >= 0.3 is 5.97 Å². The molecule has 2 saturated carbocycles. The second-order valence-corrected chi connectivity index (χ2v) is 5.70. The third kappa shape index (κ3) is 1.57. The van der Waals surface area contributed by atoms with Crippen molar-refractivity contribution in [3.8, 4) is 0 Å². The largest absolute Gasteiger partial charge is 0.462 e. The molecule has 0 N–H and O–H groups in total. The molecule has 96 valence electrons. The van der Waals surface area contributed by atoms with Crippen LogP contribution < -0.4 is 0 Å². The number of hydrogen-bond acceptors (Lipinski definition) is 3. The van der Waals surface area contributed by atoms with Gasteiger partial charge in [0.05, 0.1) is 0 Å². The summed E-state index contributed by atoms with van der Waals surface area (Å²) >= 11 is 0. The van der Waals surface area contributed by atoms with Gasteiger partial charge in [-0.05, 0) is 18.3 Å². The summed E-state index contributed by atoms with van der Waals surface area (Å²) in [7, 11) is 0. The minimum Gasteiger partial charge on any atom is -0.462 e. The number of ether oxygens (including phenoxy) is 1. The summed E-state index contributed by atoms with van der Waals surface area (Å²) in [6, 6.07) is 0. The first kappa shape index (κ1) is 11.7. The highest BCUT2D eigenvalue weighted by Gasteiger charge is 2.56. The lowest BCUT2D eigenvalue weighted by Gasteiger charge is -2.41. The first-order valence-electron chi connectivity index (χ1n) is 6.62. The van der Waals surface area contributed by atoms with Gasteiger partial charge in [-0.3, -0.25) is 9.59 Å². The quantitative estimate of drug-likeness (QED) is 0.554. The van der Waals surface area contributed by atoms with Gasteiger partial charge in [0.1, 0.15) is 11.9 Å². The maximum absolute atomic E-state index is 12.2. The number of rotatable bonds is 2. The van der Waals surface area contributed by atoms with E-state index in [1.807, 2.05) is 0 Å². The first-order chi connectivity index (χ1) is 8.61. The zero-order chi connectivity index (χ0) is 12.9. The number of ketones is 1. The molecule has 3 rings (SSSR count). The normalized spacial score (nSPS) is 44.8. The minimum absolute atomic E-state index is 0.0181. The Hall–Kier alpha value is -1.38. The van der Waals surface area contributed by atoms with Gasteiger partial charge in [0.15, 0.2) is 0 Å². The Morgan fingerprint density at radius 2 is 2.17 bits per heavy atom. The van der Waals surface area contributed by atoms with Crippen LogP contribution in [-0.4, -0.2) is 17.9 Å². The smallest absolute Gasteiger partial charge is 0.302 e. The molecule has 0 saturated heterocycles. The van der Waals surface area contributed by atoms with Gasteiger partial charge in [-0.1, -0.05) is 18.2 Å². The summed E-state index contributed by atoms with van der Waals surface area (Å²) in [4.78, 5) is 23.5. The Labute approximate surface area is 107 Å². The second-order valence-electron chi connectivity index (χ2n) is 5.70. The van der Waals surface area contributed by atoms with E-state index in [1.54, 1.807) is 6.08 Å².